The van der Waals surface area contributed by atoms with Gasteiger partial charge < -0.3 is 9.64 Å². The summed E-state index contributed by atoms with van der Waals surface area (Å²) in [7, 11) is 0. The molecule has 18 heavy (non-hydrogen) atoms. The van der Waals surface area contributed by atoms with Crippen LogP contribution in [0.25, 0.3) is 0 Å². The van der Waals surface area contributed by atoms with Gasteiger partial charge in [0.2, 0.25) is 0 Å². The normalized spacial score (nSPS) is 25.4. The Morgan fingerprint density at radius 3 is 2.33 bits per heavy atom. The Morgan fingerprint density at radius 1 is 1.50 bits per heavy atom. The minimum atomic E-state index is -0.471. The van der Waals surface area contributed by atoms with E-state index in [1.165, 1.54) is 0 Å². The van der Waals surface area contributed by atoms with Gasteiger partial charge in [0.1, 0.15) is 5.60 Å². The van der Waals surface area contributed by atoms with Crippen molar-refractivity contribution in [1.29, 1.82) is 0 Å². The van der Waals surface area contributed by atoms with Gasteiger partial charge >= 0.3 is 6.09 Å². The van der Waals surface area contributed by atoms with Gasteiger partial charge in [0.25, 0.3) is 0 Å². The maximum Gasteiger partial charge on any atom is 0.410 e. The summed E-state index contributed by atoms with van der Waals surface area (Å²) in [5.74, 6) is 0. The zero-order valence-electron chi connectivity index (χ0n) is 11.4. The molecule has 5 heteroatoms. The quantitative estimate of drug-likeness (QED) is 0.535. The van der Waals surface area contributed by atoms with Crippen molar-refractivity contribution in [3.8, 4) is 0 Å². The van der Waals surface area contributed by atoms with Crippen molar-refractivity contribution >= 4 is 38.0 Å². The molecule has 0 aromatic carbocycles. The fourth-order valence-electron chi connectivity index (χ4n) is 1.72. The molecule has 0 spiro atoms. The van der Waals surface area contributed by atoms with Crippen LogP contribution < -0.4 is 0 Å². The molecule has 0 aromatic rings. The minimum Gasteiger partial charge on any atom is -0.444 e. The fraction of sp³-hybridized carbons (Fsp3) is 0.769. The number of hydrogen-bond acceptors (Lipinski definition) is 2. The molecule has 0 aliphatic heterocycles. The van der Waals surface area contributed by atoms with Crippen molar-refractivity contribution in [3.63, 3.8) is 0 Å². The zero-order chi connectivity index (χ0) is 14.2. The first-order valence-electron chi connectivity index (χ1n) is 5.97. The van der Waals surface area contributed by atoms with Gasteiger partial charge in [-0.25, -0.2) is 4.79 Å². The molecule has 0 bridgehead atoms. The van der Waals surface area contributed by atoms with Crippen molar-refractivity contribution < 1.29 is 9.53 Å². The van der Waals surface area contributed by atoms with Crippen LogP contribution in [0.3, 0.4) is 0 Å². The first kappa shape index (κ1) is 16.0. The number of halogens is 2. The van der Waals surface area contributed by atoms with E-state index in [0.717, 1.165) is 6.42 Å². The first-order chi connectivity index (χ1) is 8.01. The highest BCUT2D eigenvalue weighted by atomic mass is 79.9. The monoisotopic (exact) mass is 381 g/mol. The SMILES string of the molecule is C=CCN(C[C@]1(C)CC1(Br)Br)C(=O)OC(C)(C)C. The molecule has 0 heterocycles. The van der Waals surface area contributed by atoms with E-state index < -0.39 is 5.60 Å². The van der Waals surface area contributed by atoms with Crippen LogP contribution in [-0.2, 0) is 4.74 Å². The van der Waals surface area contributed by atoms with Gasteiger partial charge in [-0.05, 0) is 27.2 Å². The summed E-state index contributed by atoms with van der Waals surface area (Å²) < 4.78 is 5.34. The Balaban J connectivity index is 2.66. The lowest BCUT2D eigenvalue weighted by atomic mass is 10.1. The van der Waals surface area contributed by atoms with Gasteiger partial charge in [-0.2, -0.15) is 0 Å². The smallest absolute Gasteiger partial charge is 0.410 e. The van der Waals surface area contributed by atoms with E-state index in [1.54, 1.807) is 11.0 Å². The van der Waals surface area contributed by atoms with Crippen LogP contribution in [0.4, 0.5) is 4.79 Å². The third kappa shape index (κ3) is 3.98. The number of alkyl halides is 2. The second-order valence-corrected chi connectivity index (χ2v) is 9.86. The van der Waals surface area contributed by atoms with E-state index >= 15 is 0 Å². The average Bonchev–Trinajstić information content (AvgIpc) is 2.61. The van der Waals surface area contributed by atoms with E-state index in [9.17, 15) is 4.79 Å². The number of carbonyl (C=O) groups excluding carboxylic acids is 1. The number of rotatable bonds is 4. The lowest BCUT2D eigenvalue weighted by Crippen LogP contribution is -2.40. The Hall–Kier alpha value is -0.0300. The molecule has 1 aliphatic rings. The van der Waals surface area contributed by atoms with Crippen molar-refractivity contribution in [2.45, 2.75) is 43.0 Å². The highest BCUT2D eigenvalue weighted by Gasteiger charge is 2.62. The maximum absolute atomic E-state index is 12.1. The first-order valence-corrected chi connectivity index (χ1v) is 7.56. The van der Waals surface area contributed by atoms with Crippen LogP contribution in [0, 0.1) is 5.41 Å². The van der Waals surface area contributed by atoms with Gasteiger partial charge in [0.15, 0.2) is 0 Å². The Bertz CT molecular complexity index is 349. The van der Waals surface area contributed by atoms with Gasteiger partial charge in [-0.1, -0.05) is 44.9 Å². The summed E-state index contributed by atoms with van der Waals surface area (Å²) in [5.41, 5.74) is -0.437. The second kappa shape index (κ2) is 5.16. The third-order valence-corrected chi connectivity index (χ3v) is 5.39. The molecule has 0 unspecified atom stereocenters. The molecule has 1 fully saturated rings. The standard InChI is InChI=1S/C13H21Br2NO2/c1-6-7-16(10(17)18-11(2,3)4)9-12(5)8-13(12,14)15/h6H,1,7-9H2,2-5H3/t12-/m0/s1. The maximum atomic E-state index is 12.1. The van der Waals surface area contributed by atoms with Crippen LogP contribution in [0.1, 0.15) is 34.1 Å². The van der Waals surface area contributed by atoms with Crippen LogP contribution in [0.15, 0.2) is 12.7 Å². The summed E-state index contributed by atoms with van der Waals surface area (Å²) in [6, 6.07) is 0. The number of amides is 1. The van der Waals surface area contributed by atoms with Gasteiger partial charge in [-0.3, -0.25) is 0 Å². The van der Waals surface area contributed by atoms with E-state index in [4.69, 9.17) is 4.74 Å². The number of carbonyl (C=O) groups is 1. The molecule has 1 amide bonds. The molecule has 0 aromatic heterocycles. The van der Waals surface area contributed by atoms with E-state index in [0.29, 0.717) is 13.1 Å². The summed E-state index contributed by atoms with van der Waals surface area (Å²) >= 11 is 7.22. The van der Waals surface area contributed by atoms with Crippen LogP contribution >= 0.6 is 31.9 Å². The molecule has 3 nitrogen and oxygen atoms in total. The van der Waals surface area contributed by atoms with Crippen LogP contribution in [-0.4, -0.2) is 32.9 Å². The second-order valence-electron chi connectivity index (χ2n) is 6.09. The van der Waals surface area contributed by atoms with Crippen LogP contribution in [0.2, 0.25) is 0 Å². The Morgan fingerprint density at radius 2 is 2.00 bits per heavy atom. The van der Waals surface area contributed by atoms with Gasteiger partial charge in [0.05, 0.1) is 3.23 Å². The van der Waals surface area contributed by atoms with Crippen molar-refractivity contribution in [1.82, 2.24) is 4.90 Å². The molecule has 1 atom stereocenters. The van der Waals surface area contributed by atoms with Crippen LogP contribution in [0.5, 0.6) is 0 Å². The highest BCUT2D eigenvalue weighted by Crippen LogP contribution is 2.66. The molecule has 1 rings (SSSR count). The summed E-state index contributed by atoms with van der Waals surface area (Å²) in [5, 5.41) is 0. The molecule has 1 aliphatic carbocycles. The van der Waals surface area contributed by atoms with Crippen molar-refractivity contribution in [2.75, 3.05) is 13.1 Å². The predicted octanol–water partition coefficient (Wildman–Crippen LogP) is 4.31. The molecular weight excluding hydrogens is 362 g/mol. The minimum absolute atomic E-state index is 0.0346. The topological polar surface area (TPSA) is 29.5 Å². The largest absolute Gasteiger partial charge is 0.444 e. The van der Waals surface area contributed by atoms with Crippen molar-refractivity contribution in [3.05, 3.63) is 12.7 Å². The van der Waals surface area contributed by atoms with Crippen molar-refractivity contribution in [2.24, 2.45) is 5.41 Å². The van der Waals surface area contributed by atoms with Gasteiger partial charge in [0, 0.05) is 18.5 Å². The molecule has 0 radical (unpaired) electrons. The van der Waals surface area contributed by atoms with Gasteiger partial charge in [-0.15, -0.1) is 6.58 Å². The Kier molecular flexibility index (Phi) is 4.59. The third-order valence-electron chi connectivity index (χ3n) is 2.91. The number of nitrogens with zero attached hydrogens (tertiary/aromatic N) is 1. The summed E-state index contributed by atoms with van der Waals surface area (Å²) in [6.07, 6.45) is 2.42. The molecule has 0 saturated heterocycles. The molecule has 0 N–H and O–H groups in total. The lowest BCUT2D eigenvalue weighted by Gasteiger charge is -2.29. The highest BCUT2D eigenvalue weighted by molar-refractivity contribution is 9.25. The molecule has 1 saturated carbocycles. The van der Waals surface area contributed by atoms with E-state index in [-0.39, 0.29) is 14.7 Å². The summed E-state index contributed by atoms with van der Waals surface area (Å²) in [4.78, 5) is 13.8. The molecule has 104 valence electrons. The molecular formula is C13H21Br2NO2. The average molecular weight is 383 g/mol. The Labute approximate surface area is 126 Å². The van der Waals surface area contributed by atoms with E-state index in [2.05, 4.69) is 45.4 Å². The number of hydrogen-bond donors (Lipinski definition) is 0. The number of ether oxygens (including phenoxy) is 1. The zero-order valence-corrected chi connectivity index (χ0v) is 14.6. The predicted molar refractivity (Wildman–Crippen MR) is 81.3 cm³/mol. The fourth-order valence-corrected chi connectivity index (χ4v) is 3.21. The summed E-state index contributed by atoms with van der Waals surface area (Å²) in [6.45, 7) is 12.6. The lowest BCUT2D eigenvalue weighted by molar-refractivity contribution is 0.0239. The van der Waals surface area contributed by atoms with E-state index in [1.807, 2.05) is 20.8 Å².